The molecule has 6 heteroatoms. The average Bonchev–Trinajstić information content (AvgIpc) is 2.59. The summed E-state index contributed by atoms with van der Waals surface area (Å²) in [5, 5.41) is 4.48. The summed E-state index contributed by atoms with van der Waals surface area (Å²) in [7, 11) is -0.121. The van der Waals surface area contributed by atoms with Gasteiger partial charge in [-0.3, -0.25) is 4.68 Å². The van der Waals surface area contributed by atoms with Crippen molar-refractivity contribution in [2.75, 3.05) is 19.5 Å². The normalized spacial score (nSPS) is 14.6. The Kier molecular flexibility index (Phi) is 5.40. The number of ether oxygens (including phenoxy) is 1. The third-order valence-electron chi connectivity index (χ3n) is 4.14. The molecule has 0 fully saturated rings. The molecule has 0 bridgehead atoms. The number of nitrogen functional groups attached to an aromatic ring is 1. The number of nitrogens with zero attached hydrogens (tertiary/aromatic N) is 2. The Bertz CT molecular complexity index is 438. The lowest BCUT2D eigenvalue weighted by molar-refractivity contribution is 0.0582. The van der Waals surface area contributed by atoms with Gasteiger partial charge < -0.3 is 14.9 Å². The highest BCUT2D eigenvalue weighted by atomic mass is 28.4. The van der Waals surface area contributed by atoms with E-state index in [2.05, 4.69) is 39.0 Å². The lowest BCUT2D eigenvalue weighted by atomic mass is 10.2. The zero-order chi connectivity index (χ0) is 15.6. The molecule has 0 saturated heterocycles. The van der Waals surface area contributed by atoms with E-state index in [0.29, 0.717) is 18.8 Å². The molecular formula is C14H29N3O2Si. The van der Waals surface area contributed by atoms with Crippen LogP contribution in [0, 0.1) is 6.92 Å². The SMILES string of the molecule is COC[C@@H](Cn1ncc(N)c1C)O[Si](C)(C)C(C)(C)C. The van der Waals surface area contributed by atoms with Gasteiger partial charge in [-0.25, -0.2) is 0 Å². The Morgan fingerprint density at radius 2 is 2.00 bits per heavy atom. The first-order chi connectivity index (χ1) is 9.08. The number of nitrogens with two attached hydrogens (primary N) is 1. The molecule has 116 valence electrons. The first kappa shape index (κ1) is 17.2. The molecule has 1 aromatic rings. The van der Waals surface area contributed by atoms with Gasteiger partial charge in [0.05, 0.1) is 36.8 Å². The average molecular weight is 299 g/mol. The van der Waals surface area contributed by atoms with Gasteiger partial charge in [-0.15, -0.1) is 0 Å². The van der Waals surface area contributed by atoms with E-state index in [0.717, 1.165) is 5.69 Å². The van der Waals surface area contributed by atoms with Crippen molar-refractivity contribution in [3.63, 3.8) is 0 Å². The minimum absolute atomic E-state index is 0.00103. The van der Waals surface area contributed by atoms with E-state index in [-0.39, 0.29) is 11.1 Å². The first-order valence-electron chi connectivity index (χ1n) is 7.03. The van der Waals surface area contributed by atoms with Gasteiger partial charge in [-0.2, -0.15) is 5.10 Å². The number of hydrogen-bond donors (Lipinski definition) is 1. The molecule has 2 N–H and O–H groups in total. The van der Waals surface area contributed by atoms with Crippen molar-refractivity contribution in [2.24, 2.45) is 0 Å². The van der Waals surface area contributed by atoms with Crippen LogP contribution >= 0.6 is 0 Å². The van der Waals surface area contributed by atoms with E-state index in [1.165, 1.54) is 0 Å². The monoisotopic (exact) mass is 299 g/mol. The second kappa shape index (κ2) is 6.28. The van der Waals surface area contributed by atoms with Gasteiger partial charge in [-0.1, -0.05) is 20.8 Å². The summed E-state index contributed by atoms with van der Waals surface area (Å²) in [5.41, 5.74) is 7.53. The predicted octanol–water partition coefficient (Wildman–Crippen LogP) is 2.81. The Labute approximate surface area is 123 Å². The third-order valence-corrected chi connectivity index (χ3v) is 8.67. The maximum atomic E-state index is 6.42. The minimum atomic E-state index is -1.82. The second-order valence-corrected chi connectivity index (χ2v) is 11.6. The Hall–Kier alpha value is -0.853. The maximum Gasteiger partial charge on any atom is 0.192 e. The molecule has 1 heterocycles. The van der Waals surface area contributed by atoms with Gasteiger partial charge in [0, 0.05) is 7.11 Å². The molecule has 0 aromatic carbocycles. The molecule has 0 spiro atoms. The van der Waals surface area contributed by atoms with Crippen LogP contribution in [-0.4, -0.2) is 37.9 Å². The van der Waals surface area contributed by atoms with Crippen molar-refractivity contribution in [1.29, 1.82) is 0 Å². The van der Waals surface area contributed by atoms with E-state index >= 15 is 0 Å². The summed E-state index contributed by atoms with van der Waals surface area (Å²) < 4.78 is 13.6. The highest BCUT2D eigenvalue weighted by molar-refractivity contribution is 6.74. The largest absolute Gasteiger partial charge is 0.410 e. The van der Waals surface area contributed by atoms with Crippen molar-refractivity contribution in [3.8, 4) is 0 Å². The van der Waals surface area contributed by atoms with Crippen molar-refractivity contribution in [1.82, 2.24) is 9.78 Å². The lowest BCUT2D eigenvalue weighted by Gasteiger charge is -2.39. The van der Waals surface area contributed by atoms with Crippen molar-refractivity contribution < 1.29 is 9.16 Å². The number of methoxy groups -OCH3 is 1. The lowest BCUT2D eigenvalue weighted by Crippen LogP contribution is -2.46. The van der Waals surface area contributed by atoms with Gasteiger partial charge in [0.2, 0.25) is 0 Å². The summed E-state index contributed by atoms with van der Waals surface area (Å²) >= 11 is 0. The molecule has 0 amide bonds. The molecule has 0 unspecified atom stereocenters. The van der Waals surface area contributed by atoms with Gasteiger partial charge in [0.15, 0.2) is 8.32 Å². The molecule has 5 nitrogen and oxygen atoms in total. The van der Waals surface area contributed by atoms with Gasteiger partial charge in [-0.05, 0) is 25.1 Å². The third kappa shape index (κ3) is 4.07. The zero-order valence-electron chi connectivity index (χ0n) is 13.9. The van der Waals surface area contributed by atoms with Crippen LogP contribution in [0.15, 0.2) is 6.20 Å². The number of aromatic nitrogens is 2. The molecule has 1 aromatic heterocycles. The summed E-state index contributed by atoms with van der Waals surface area (Å²) in [6.07, 6.45) is 1.69. The van der Waals surface area contributed by atoms with E-state index in [1.807, 2.05) is 11.6 Å². The van der Waals surface area contributed by atoms with Gasteiger partial charge in [0.1, 0.15) is 0 Å². The number of anilines is 1. The summed E-state index contributed by atoms with van der Waals surface area (Å²) in [4.78, 5) is 0. The second-order valence-electron chi connectivity index (χ2n) is 6.82. The Balaban J connectivity index is 2.82. The molecule has 1 atom stereocenters. The molecule has 0 aliphatic rings. The summed E-state index contributed by atoms with van der Waals surface area (Å²) in [6.45, 7) is 14.4. The van der Waals surface area contributed by atoms with Crippen LogP contribution in [0.4, 0.5) is 5.69 Å². The fourth-order valence-corrected chi connectivity index (χ4v) is 3.07. The standard InChI is InChI=1S/C14H29N3O2Si/c1-11-13(15)8-16-17(11)9-12(10-18-5)19-20(6,7)14(2,3)4/h8,12H,9-10,15H2,1-7H3/t12-/m1/s1. The van der Waals surface area contributed by atoms with Crippen LogP contribution in [0.5, 0.6) is 0 Å². The van der Waals surface area contributed by atoms with Crippen LogP contribution in [0.3, 0.4) is 0 Å². The molecule has 0 aliphatic heterocycles. The van der Waals surface area contributed by atoms with E-state index in [9.17, 15) is 0 Å². The van der Waals surface area contributed by atoms with Crippen LogP contribution < -0.4 is 5.73 Å². The van der Waals surface area contributed by atoms with E-state index in [1.54, 1.807) is 13.3 Å². The first-order valence-corrected chi connectivity index (χ1v) is 9.94. The van der Waals surface area contributed by atoms with Crippen molar-refractivity contribution in [3.05, 3.63) is 11.9 Å². The summed E-state index contributed by atoms with van der Waals surface area (Å²) in [6, 6.07) is 0. The minimum Gasteiger partial charge on any atom is -0.410 e. The van der Waals surface area contributed by atoms with Crippen LogP contribution in [0.25, 0.3) is 0 Å². The Morgan fingerprint density at radius 1 is 1.40 bits per heavy atom. The van der Waals surface area contributed by atoms with Crippen LogP contribution in [0.2, 0.25) is 18.1 Å². The van der Waals surface area contributed by atoms with Crippen molar-refractivity contribution >= 4 is 14.0 Å². The van der Waals surface area contributed by atoms with Gasteiger partial charge >= 0.3 is 0 Å². The fraction of sp³-hybridized carbons (Fsp3) is 0.786. The molecule has 20 heavy (non-hydrogen) atoms. The highest BCUT2D eigenvalue weighted by Crippen LogP contribution is 2.37. The topological polar surface area (TPSA) is 62.3 Å². The van der Waals surface area contributed by atoms with Crippen molar-refractivity contribution in [2.45, 2.75) is 58.5 Å². The van der Waals surface area contributed by atoms with Crippen LogP contribution in [-0.2, 0) is 15.7 Å². The molecule has 1 rings (SSSR count). The predicted molar refractivity (Wildman–Crippen MR) is 85.3 cm³/mol. The van der Waals surface area contributed by atoms with Gasteiger partial charge in [0.25, 0.3) is 0 Å². The fourth-order valence-electron chi connectivity index (χ4n) is 1.74. The molecule has 0 saturated carbocycles. The molecule has 0 aliphatic carbocycles. The molecular weight excluding hydrogens is 270 g/mol. The Morgan fingerprint density at radius 3 is 2.40 bits per heavy atom. The van der Waals surface area contributed by atoms with E-state index in [4.69, 9.17) is 14.9 Å². The maximum absolute atomic E-state index is 6.42. The van der Waals surface area contributed by atoms with E-state index < -0.39 is 8.32 Å². The smallest absolute Gasteiger partial charge is 0.192 e. The number of rotatable bonds is 6. The number of hydrogen-bond acceptors (Lipinski definition) is 4. The van der Waals surface area contributed by atoms with Crippen LogP contribution in [0.1, 0.15) is 26.5 Å². The quantitative estimate of drug-likeness (QED) is 0.821. The highest BCUT2D eigenvalue weighted by Gasteiger charge is 2.39. The molecule has 0 radical (unpaired) electrons. The zero-order valence-corrected chi connectivity index (χ0v) is 14.9. The summed E-state index contributed by atoms with van der Waals surface area (Å²) in [5.74, 6) is 0.